The molecular formula is C20H17N3O4. The zero-order valence-electron chi connectivity index (χ0n) is 14.6. The van der Waals surface area contributed by atoms with Crippen molar-refractivity contribution in [2.75, 3.05) is 24.5 Å². The van der Waals surface area contributed by atoms with E-state index in [1.165, 1.54) is 6.20 Å². The van der Waals surface area contributed by atoms with Crippen molar-refractivity contribution in [2.24, 2.45) is 0 Å². The van der Waals surface area contributed by atoms with Crippen molar-refractivity contribution >= 4 is 23.1 Å². The lowest BCUT2D eigenvalue weighted by molar-refractivity contribution is 0.102. The summed E-state index contributed by atoms with van der Waals surface area (Å²) >= 11 is 0. The number of nitrogens with one attached hydrogen (secondary N) is 2. The predicted molar refractivity (Wildman–Crippen MR) is 101 cm³/mol. The first kappa shape index (κ1) is 16.7. The highest BCUT2D eigenvalue weighted by Crippen LogP contribution is 2.34. The Labute approximate surface area is 155 Å². The number of ether oxygens (including phenoxy) is 3. The summed E-state index contributed by atoms with van der Waals surface area (Å²) in [5.41, 5.74) is 1.96. The van der Waals surface area contributed by atoms with Gasteiger partial charge in [0.2, 0.25) is 6.79 Å². The van der Waals surface area contributed by atoms with Crippen LogP contribution >= 0.6 is 0 Å². The summed E-state index contributed by atoms with van der Waals surface area (Å²) < 4.78 is 15.7. The van der Waals surface area contributed by atoms with Crippen molar-refractivity contribution in [2.45, 2.75) is 0 Å². The van der Waals surface area contributed by atoms with Crippen molar-refractivity contribution in [3.05, 3.63) is 66.4 Å². The molecular weight excluding hydrogens is 346 g/mol. The molecule has 3 aromatic rings. The fourth-order valence-corrected chi connectivity index (χ4v) is 2.60. The molecule has 7 heteroatoms. The topological polar surface area (TPSA) is 81.7 Å². The maximum absolute atomic E-state index is 12.4. The largest absolute Gasteiger partial charge is 0.497 e. The zero-order valence-corrected chi connectivity index (χ0v) is 14.6. The lowest BCUT2D eigenvalue weighted by Crippen LogP contribution is -2.12. The molecule has 2 aromatic carbocycles. The number of pyridine rings is 1. The summed E-state index contributed by atoms with van der Waals surface area (Å²) in [7, 11) is 1.62. The molecule has 0 saturated carbocycles. The summed E-state index contributed by atoms with van der Waals surface area (Å²) in [5, 5.41) is 5.99. The first-order valence-electron chi connectivity index (χ1n) is 8.29. The van der Waals surface area contributed by atoms with Crippen LogP contribution in [0, 0.1) is 0 Å². The number of carbonyl (C=O) groups excluding carboxylic acids is 1. The molecule has 1 amide bonds. The van der Waals surface area contributed by atoms with Gasteiger partial charge in [0.25, 0.3) is 5.91 Å². The third-order valence-electron chi connectivity index (χ3n) is 4.02. The minimum Gasteiger partial charge on any atom is -0.497 e. The zero-order chi connectivity index (χ0) is 18.6. The van der Waals surface area contributed by atoms with Crippen LogP contribution in [-0.4, -0.2) is 24.8 Å². The highest BCUT2D eigenvalue weighted by atomic mass is 16.7. The Kier molecular flexibility index (Phi) is 4.49. The van der Waals surface area contributed by atoms with Crippen LogP contribution in [0.2, 0.25) is 0 Å². The van der Waals surface area contributed by atoms with Crippen LogP contribution in [0.15, 0.2) is 60.8 Å². The number of methoxy groups -OCH3 is 1. The Morgan fingerprint density at radius 2 is 1.78 bits per heavy atom. The molecule has 0 bridgehead atoms. The number of aromatic nitrogens is 1. The molecule has 2 heterocycles. The number of nitrogens with zero attached hydrogens (tertiary/aromatic N) is 1. The molecule has 0 saturated heterocycles. The fraction of sp³-hybridized carbons (Fsp3) is 0.100. The van der Waals surface area contributed by atoms with Gasteiger partial charge >= 0.3 is 0 Å². The summed E-state index contributed by atoms with van der Waals surface area (Å²) in [6.45, 7) is 0.194. The van der Waals surface area contributed by atoms with E-state index in [1.807, 2.05) is 24.3 Å². The quantitative estimate of drug-likeness (QED) is 0.717. The highest BCUT2D eigenvalue weighted by molar-refractivity contribution is 6.04. The van der Waals surface area contributed by atoms with Gasteiger partial charge in [0.15, 0.2) is 11.5 Å². The number of hydrogen-bond donors (Lipinski definition) is 2. The third-order valence-corrected chi connectivity index (χ3v) is 4.02. The second-order valence-electron chi connectivity index (χ2n) is 5.81. The van der Waals surface area contributed by atoms with E-state index in [-0.39, 0.29) is 12.7 Å². The van der Waals surface area contributed by atoms with Crippen LogP contribution in [0.1, 0.15) is 10.4 Å². The van der Waals surface area contributed by atoms with Gasteiger partial charge in [0.1, 0.15) is 11.6 Å². The second-order valence-corrected chi connectivity index (χ2v) is 5.81. The summed E-state index contributed by atoms with van der Waals surface area (Å²) in [4.78, 5) is 16.7. The Balaban J connectivity index is 1.41. The van der Waals surface area contributed by atoms with Crippen molar-refractivity contribution in [3.8, 4) is 17.2 Å². The molecule has 27 heavy (non-hydrogen) atoms. The van der Waals surface area contributed by atoms with Crippen LogP contribution in [0.4, 0.5) is 17.2 Å². The molecule has 0 unspecified atom stereocenters. The number of fused-ring (bicyclic) bond motifs is 1. The molecule has 0 radical (unpaired) electrons. The molecule has 0 spiro atoms. The molecule has 0 aliphatic carbocycles. The van der Waals surface area contributed by atoms with Crippen LogP contribution < -0.4 is 24.8 Å². The molecule has 0 fully saturated rings. The van der Waals surface area contributed by atoms with Crippen molar-refractivity contribution in [1.82, 2.24) is 4.98 Å². The highest BCUT2D eigenvalue weighted by Gasteiger charge is 2.14. The van der Waals surface area contributed by atoms with Gasteiger partial charge in [-0.3, -0.25) is 4.79 Å². The minimum atomic E-state index is -0.252. The summed E-state index contributed by atoms with van der Waals surface area (Å²) in [5.74, 6) is 2.45. The first-order chi connectivity index (χ1) is 13.2. The van der Waals surface area contributed by atoms with Gasteiger partial charge in [0.05, 0.1) is 12.7 Å². The van der Waals surface area contributed by atoms with Crippen molar-refractivity contribution < 1.29 is 19.0 Å². The normalized spacial score (nSPS) is 11.7. The van der Waals surface area contributed by atoms with E-state index in [9.17, 15) is 4.79 Å². The molecule has 1 aromatic heterocycles. The van der Waals surface area contributed by atoms with E-state index in [0.29, 0.717) is 28.6 Å². The lowest BCUT2D eigenvalue weighted by atomic mass is 10.2. The number of anilines is 3. The summed E-state index contributed by atoms with van der Waals surface area (Å²) in [6, 6.07) is 16.2. The van der Waals surface area contributed by atoms with Crippen LogP contribution in [0.25, 0.3) is 0 Å². The number of rotatable bonds is 5. The van der Waals surface area contributed by atoms with Crippen molar-refractivity contribution in [1.29, 1.82) is 0 Å². The van der Waals surface area contributed by atoms with Gasteiger partial charge in [-0.2, -0.15) is 0 Å². The average Bonchev–Trinajstić information content (AvgIpc) is 3.17. The Bertz CT molecular complexity index is 956. The Morgan fingerprint density at radius 3 is 2.52 bits per heavy atom. The molecule has 1 aliphatic rings. The maximum atomic E-state index is 12.4. The van der Waals surface area contributed by atoms with Gasteiger partial charge in [-0.25, -0.2) is 4.98 Å². The van der Waals surface area contributed by atoms with E-state index in [1.54, 1.807) is 37.4 Å². The van der Waals surface area contributed by atoms with Crippen LogP contribution in [0.5, 0.6) is 17.2 Å². The lowest BCUT2D eigenvalue weighted by Gasteiger charge is -2.08. The van der Waals surface area contributed by atoms with Crippen LogP contribution in [0.3, 0.4) is 0 Å². The van der Waals surface area contributed by atoms with Crippen molar-refractivity contribution in [3.63, 3.8) is 0 Å². The smallest absolute Gasteiger partial charge is 0.257 e. The third kappa shape index (κ3) is 3.77. The number of hydrogen-bond acceptors (Lipinski definition) is 6. The average molecular weight is 363 g/mol. The number of benzene rings is 2. The fourth-order valence-electron chi connectivity index (χ4n) is 2.60. The molecule has 2 N–H and O–H groups in total. The molecule has 0 atom stereocenters. The van der Waals surface area contributed by atoms with Gasteiger partial charge in [-0.05, 0) is 48.5 Å². The van der Waals surface area contributed by atoms with Crippen LogP contribution in [-0.2, 0) is 0 Å². The van der Waals surface area contributed by atoms with Gasteiger partial charge in [-0.1, -0.05) is 0 Å². The molecule has 7 nitrogen and oxygen atoms in total. The first-order valence-corrected chi connectivity index (χ1v) is 8.29. The van der Waals surface area contributed by atoms with Gasteiger partial charge in [-0.15, -0.1) is 0 Å². The SMILES string of the molecule is COc1ccc(Nc2ccc(C(=O)Nc3ccc4c(c3)OCO4)cn2)cc1. The Morgan fingerprint density at radius 1 is 1.00 bits per heavy atom. The molecule has 4 rings (SSSR count). The van der Waals surface area contributed by atoms with E-state index in [4.69, 9.17) is 14.2 Å². The number of amides is 1. The molecule has 136 valence electrons. The predicted octanol–water partition coefficient (Wildman–Crippen LogP) is 3.81. The Hall–Kier alpha value is -3.74. The van der Waals surface area contributed by atoms with Gasteiger partial charge in [0, 0.05) is 23.6 Å². The van der Waals surface area contributed by atoms with E-state index in [2.05, 4.69) is 15.6 Å². The van der Waals surface area contributed by atoms with E-state index >= 15 is 0 Å². The standard InChI is InChI=1S/C20H17N3O4/c1-25-16-6-3-14(4-7-16)22-19-9-2-13(11-21-19)20(24)23-15-5-8-17-18(10-15)27-12-26-17/h2-11H,12H2,1H3,(H,21,22)(H,23,24). The second kappa shape index (κ2) is 7.25. The minimum absolute atomic E-state index is 0.194. The maximum Gasteiger partial charge on any atom is 0.257 e. The monoisotopic (exact) mass is 363 g/mol. The number of carbonyl (C=O) groups is 1. The summed E-state index contributed by atoms with van der Waals surface area (Å²) in [6.07, 6.45) is 1.52. The van der Waals surface area contributed by atoms with E-state index in [0.717, 1.165) is 11.4 Å². The van der Waals surface area contributed by atoms with Gasteiger partial charge < -0.3 is 24.8 Å². The molecule has 1 aliphatic heterocycles. The van der Waals surface area contributed by atoms with E-state index < -0.39 is 0 Å².